The molecule has 2 fully saturated rings. The minimum atomic E-state index is 0.213. The van der Waals surface area contributed by atoms with Crippen LogP contribution in [0.15, 0.2) is 84.9 Å². The van der Waals surface area contributed by atoms with Gasteiger partial charge in [-0.3, -0.25) is 9.80 Å². The number of rotatable bonds is 6. The van der Waals surface area contributed by atoms with Gasteiger partial charge < -0.3 is 4.74 Å². The summed E-state index contributed by atoms with van der Waals surface area (Å²) in [6.07, 6.45) is 5.40. The molecule has 0 aromatic heterocycles. The molecule has 5 rings (SSSR count). The van der Waals surface area contributed by atoms with Crippen molar-refractivity contribution in [1.82, 2.24) is 9.80 Å². The van der Waals surface area contributed by atoms with Gasteiger partial charge in [0, 0.05) is 30.7 Å². The molecule has 2 atom stereocenters. The molecule has 31 heavy (non-hydrogen) atoms. The van der Waals surface area contributed by atoms with Crippen LogP contribution in [0.4, 0.5) is 0 Å². The lowest BCUT2D eigenvalue weighted by Crippen LogP contribution is -2.39. The lowest BCUT2D eigenvalue weighted by molar-refractivity contribution is 0.0997. The molecule has 0 radical (unpaired) electrons. The molecule has 0 spiro atoms. The normalized spacial score (nSPS) is 22.4. The van der Waals surface area contributed by atoms with Crippen LogP contribution < -0.4 is 4.74 Å². The van der Waals surface area contributed by atoms with Gasteiger partial charge in [0.1, 0.15) is 5.75 Å². The maximum absolute atomic E-state index is 5.85. The Kier molecular flexibility index (Phi) is 6.06. The second kappa shape index (κ2) is 9.25. The van der Waals surface area contributed by atoms with E-state index in [0.717, 1.165) is 18.8 Å². The standard InChI is InChI=1S/C28H32N2O/c1-31-27-19-11-8-16-24(27)28-29(20-22-12-4-2-5-13-22)25-17-9-10-18-26(25)30(28)21-23-14-6-3-7-15-23/h2-8,11-16,19,25-26,28H,9-10,17-18,20-21H2,1H3/t25-,26-/m1/s1. The minimum absolute atomic E-state index is 0.213. The smallest absolute Gasteiger partial charge is 0.124 e. The van der Waals surface area contributed by atoms with E-state index in [-0.39, 0.29) is 6.17 Å². The summed E-state index contributed by atoms with van der Waals surface area (Å²) in [7, 11) is 1.80. The number of hydrogen-bond acceptors (Lipinski definition) is 3. The van der Waals surface area contributed by atoms with Crippen molar-refractivity contribution in [3.05, 3.63) is 102 Å². The van der Waals surface area contributed by atoms with Crippen LogP contribution in [0.2, 0.25) is 0 Å². The van der Waals surface area contributed by atoms with Gasteiger partial charge in [-0.1, -0.05) is 91.7 Å². The Labute approximate surface area is 186 Å². The zero-order valence-electron chi connectivity index (χ0n) is 18.4. The number of hydrogen-bond donors (Lipinski definition) is 0. The Morgan fingerprint density at radius 2 is 1.16 bits per heavy atom. The van der Waals surface area contributed by atoms with Gasteiger partial charge in [-0.2, -0.15) is 0 Å². The summed E-state index contributed by atoms with van der Waals surface area (Å²) in [6, 6.07) is 31.6. The Morgan fingerprint density at radius 3 is 1.68 bits per heavy atom. The summed E-state index contributed by atoms with van der Waals surface area (Å²) < 4.78 is 5.85. The van der Waals surface area contributed by atoms with Crippen LogP contribution in [0, 0.1) is 0 Å². The second-order valence-electron chi connectivity index (χ2n) is 8.85. The van der Waals surface area contributed by atoms with Crippen LogP contribution in [0.5, 0.6) is 5.75 Å². The highest BCUT2D eigenvalue weighted by Gasteiger charge is 2.48. The first-order valence-corrected chi connectivity index (χ1v) is 11.6. The van der Waals surface area contributed by atoms with Crippen molar-refractivity contribution in [2.24, 2.45) is 0 Å². The third-order valence-electron chi connectivity index (χ3n) is 7.01. The first kappa shape index (κ1) is 20.3. The molecule has 1 aliphatic heterocycles. The van der Waals surface area contributed by atoms with Crippen molar-refractivity contribution in [2.45, 2.75) is 57.0 Å². The van der Waals surface area contributed by atoms with Gasteiger partial charge in [0.15, 0.2) is 0 Å². The van der Waals surface area contributed by atoms with E-state index in [4.69, 9.17) is 4.74 Å². The average molecular weight is 413 g/mol. The summed E-state index contributed by atoms with van der Waals surface area (Å²) in [4.78, 5) is 5.50. The summed E-state index contributed by atoms with van der Waals surface area (Å²) in [5.41, 5.74) is 4.05. The monoisotopic (exact) mass is 412 g/mol. The zero-order chi connectivity index (χ0) is 21.0. The van der Waals surface area contributed by atoms with Crippen molar-refractivity contribution < 1.29 is 4.74 Å². The van der Waals surface area contributed by atoms with Crippen LogP contribution in [0.1, 0.15) is 48.5 Å². The van der Waals surface area contributed by atoms with Crippen molar-refractivity contribution in [2.75, 3.05) is 7.11 Å². The van der Waals surface area contributed by atoms with Crippen LogP contribution >= 0.6 is 0 Å². The minimum Gasteiger partial charge on any atom is -0.496 e. The van der Waals surface area contributed by atoms with Crippen molar-refractivity contribution >= 4 is 0 Å². The third kappa shape index (κ3) is 4.13. The van der Waals surface area contributed by atoms with Crippen LogP contribution in [-0.4, -0.2) is 29.0 Å². The predicted molar refractivity (Wildman–Crippen MR) is 126 cm³/mol. The fraction of sp³-hybridized carbons (Fsp3) is 0.357. The summed E-state index contributed by atoms with van der Waals surface area (Å²) in [6.45, 7) is 1.94. The molecule has 0 bridgehead atoms. The van der Waals surface area contributed by atoms with Crippen LogP contribution in [-0.2, 0) is 13.1 Å². The molecule has 0 amide bonds. The lowest BCUT2D eigenvalue weighted by Gasteiger charge is -2.33. The molecule has 3 heteroatoms. The fourth-order valence-corrected chi connectivity index (χ4v) is 5.65. The molecule has 3 aromatic carbocycles. The van der Waals surface area contributed by atoms with Gasteiger partial charge in [-0.05, 0) is 30.0 Å². The number of para-hydroxylation sites is 1. The average Bonchev–Trinajstić information content (AvgIpc) is 3.13. The quantitative estimate of drug-likeness (QED) is 0.492. The van der Waals surface area contributed by atoms with E-state index in [2.05, 4.69) is 94.7 Å². The van der Waals surface area contributed by atoms with E-state index in [1.807, 2.05) is 0 Å². The second-order valence-corrected chi connectivity index (χ2v) is 8.85. The van der Waals surface area contributed by atoms with Gasteiger partial charge >= 0.3 is 0 Å². The van der Waals surface area contributed by atoms with Crippen LogP contribution in [0.3, 0.4) is 0 Å². The molecule has 3 nitrogen and oxygen atoms in total. The van der Waals surface area contributed by atoms with Gasteiger partial charge in [0.25, 0.3) is 0 Å². The SMILES string of the molecule is COc1ccccc1C1N(Cc2ccccc2)[C@@H]2CCCC[C@H]2N1Cc1ccccc1. The highest BCUT2D eigenvalue weighted by molar-refractivity contribution is 5.37. The van der Waals surface area contributed by atoms with Gasteiger partial charge in [-0.25, -0.2) is 0 Å². The van der Waals surface area contributed by atoms with Crippen molar-refractivity contribution in [3.63, 3.8) is 0 Å². The van der Waals surface area contributed by atoms with E-state index in [0.29, 0.717) is 12.1 Å². The number of benzene rings is 3. The first-order chi connectivity index (χ1) is 15.3. The van der Waals surface area contributed by atoms with Gasteiger partial charge in [-0.15, -0.1) is 0 Å². The molecule has 1 heterocycles. The topological polar surface area (TPSA) is 15.7 Å². The first-order valence-electron chi connectivity index (χ1n) is 11.6. The molecule has 1 aliphatic carbocycles. The van der Waals surface area contributed by atoms with E-state index >= 15 is 0 Å². The molecular weight excluding hydrogens is 380 g/mol. The Bertz CT molecular complexity index is 917. The largest absolute Gasteiger partial charge is 0.496 e. The van der Waals surface area contributed by atoms with E-state index in [1.54, 1.807) is 7.11 Å². The molecule has 1 saturated carbocycles. The Morgan fingerprint density at radius 1 is 0.677 bits per heavy atom. The number of nitrogens with zero attached hydrogens (tertiary/aromatic N) is 2. The third-order valence-corrected chi connectivity index (χ3v) is 7.01. The molecule has 2 aliphatic rings. The molecule has 160 valence electrons. The summed E-state index contributed by atoms with van der Waals surface area (Å²) in [5.74, 6) is 0.988. The maximum atomic E-state index is 5.85. The zero-order valence-corrected chi connectivity index (χ0v) is 18.4. The van der Waals surface area contributed by atoms with Crippen molar-refractivity contribution in [3.8, 4) is 5.75 Å². The van der Waals surface area contributed by atoms with E-state index < -0.39 is 0 Å². The van der Waals surface area contributed by atoms with Crippen LogP contribution in [0.25, 0.3) is 0 Å². The number of ether oxygens (including phenoxy) is 1. The van der Waals surface area contributed by atoms with Gasteiger partial charge in [0.2, 0.25) is 0 Å². The fourth-order valence-electron chi connectivity index (χ4n) is 5.65. The van der Waals surface area contributed by atoms with Gasteiger partial charge in [0.05, 0.1) is 13.3 Å². The number of methoxy groups -OCH3 is 1. The predicted octanol–water partition coefficient (Wildman–Crippen LogP) is 6.02. The molecule has 3 aromatic rings. The molecule has 0 N–H and O–H groups in total. The Balaban J connectivity index is 1.58. The highest BCUT2D eigenvalue weighted by Crippen LogP contribution is 2.47. The lowest BCUT2D eigenvalue weighted by atomic mass is 9.90. The van der Waals surface area contributed by atoms with Crippen molar-refractivity contribution in [1.29, 1.82) is 0 Å². The summed E-state index contributed by atoms with van der Waals surface area (Å²) >= 11 is 0. The molecule has 0 unspecified atom stereocenters. The summed E-state index contributed by atoms with van der Waals surface area (Å²) in [5, 5.41) is 0. The molecule has 1 saturated heterocycles. The molecular formula is C28H32N2O. The Hall–Kier alpha value is -2.62. The van der Waals surface area contributed by atoms with E-state index in [9.17, 15) is 0 Å². The maximum Gasteiger partial charge on any atom is 0.124 e. The highest BCUT2D eigenvalue weighted by atomic mass is 16.5. The number of fused-ring (bicyclic) bond motifs is 1. The van der Waals surface area contributed by atoms with E-state index in [1.165, 1.54) is 42.4 Å².